The Hall–Kier alpha value is -0.340. The summed E-state index contributed by atoms with van der Waals surface area (Å²) in [7, 11) is 0. The molecule has 2 N–H and O–H groups in total. The molecule has 0 unspecified atom stereocenters. The van der Waals surface area contributed by atoms with Crippen molar-refractivity contribution in [3.8, 4) is 0 Å². The number of allylic oxidation sites excluding steroid dienone is 1. The minimum absolute atomic E-state index is 0.0897. The predicted molar refractivity (Wildman–Crippen MR) is 132 cm³/mol. The molecule has 182 valence electrons. The molecule has 2 heteroatoms. The molecule has 0 aromatic heterocycles. The van der Waals surface area contributed by atoms with Crippen molar-refractivity contribution in [3.05, 3.63) is 12.2 Å². The summed E-state index contributed by atoms with van der Waals surface area (Å²) in [6, 6.07) is 0. The summed E-state index contributed by atoms with van der Waals surface area (Å²) >= 11 is 0. The fourth-order valence-electron chi connectivity index (χ4n) is 10.9. The zero-order chi connectivity index (χ0) is 23.4. The Kier molecular flexibility index (Phi) is 5.02. The topological polar surface area (TPSA) is 40.5 Å². The number of fused-ring (bicyclic) bond motifs is 2. The van der Waals surface area contributed by atoms with Gasteiger partial charge in [-0.25, -0.2) is 0 Å². The van der Waals surface area contributed by atoms with Crippen molar-refractivity contribution in [3.63, 3.8) is 0 Å². The molecule has 0 amide bonds. The van der Waals surface area contributed by atoms with Gasteiger partial charge in [0.15, 0.2) is 0 Å². The molecule has 32 heavy (non-hydrogen) atoms. The molecule has 2 nitrogen and oxygen atoms in total. The van der Waals surface area contributed by atoms with Crippen molar-refractivity contribution >= 4 is 0 Å². The van der Waals surface area contributed by atoms with Crippen LogP contribution in [0.25, 0.3) is 0 Å². The van der Waals surface area contributed by atoms with Crippen molar-refractivity contribution in [2.45, 2.75) is 124 Å². The van der Waals surface area contributed by atoms with Gasteiger partial charge in [0.05, 0.1) is 11.7 Å². The van der Waals surface area contributed by atoms with Crippen LogP contribution >= 0.6 is 0 Å². The van der Waals surface area contributed by atoms with E-state index in [2.05, 4.69) is 46.8 Å². The van der Waals surface area contributed by atoms with Gasteiger partial charge in [-0.05, 0) is 129 Å². The summed E-state index contributed by atoms with van der Waals surface area (Å²) < 4.78 is 0. The summed E-state index contributed by atoms with van der Waals surface area (Å²) in [6.45, 7) is 16.4. The van der Waals surface area contributed by atoms with Gasteiger partial charge >= 0.3 is 0 Å². The highest BCUT2D eigenvalue weighted by Gasteiger charge is 2.82. The number of hydrogen-bond donors (Lipinski definition) is 2. The first-order valence-corrected chi connectivity index (χ1v) is 13.8. The van der Waals surface area contributed by atoms with Crippen LogP contribution in [-0.2, 0) is 0 Å². The lowest BCUT2D eigenvalue weighted by atomic mass is 9.42. The van der Waals surface area contributed by atoms with E-state index < -0.39 is 5.60 Å². The second-order valence-corrected chi connectivity index (χ2v) is 14.8. The molecule has 0 aromatic rings. The first-order valence-electron chi connectivity index (χ1n) is 13.8. The first kappa shape index (κ1) is 23.4. The largest absolute Gasteiger partial charge is 0.393 e. The maximum atomic E-state index is 10.8. The quantitative estimate of drug-likeness (QED) is 0.454. The van der Waals surface area contributed by atoms with Crippen LogP contribution in [0.4, 0.5) is 0 Å². The highest BCUT2D eigenvalue weighted by molar-refractivity contribution is 5.30. The van der Waals surface area contributed by atoms with E-state index >= 15 is 0 Å². The van der Waals surface area contributed by atoms with Gasteiger partial charge in [-0.1, -0.05) is 46.8 Å². The molecule has 5 aliphatic carbocycles. The van der Waals surface area contributed by atoms with E-state index in [0.29, 0.717) is 27.6 Å². The van der Waals surface area contributed by atoms with Crippen molar-refractivity contribution in [1.82, 2.24) is 0 Å². The standard InChI is InChI=1S/C30H50O2/c1-20(9-8-14-25(2,3)32)21-12-15-28(7)23-11-10-22-26(4,5)24(31)13-16-29(22)19-30(23,29)18-17-27(21,28)6/h8-9,20-24,31-32H,10-19H2,1-7H3/b9-8+/t20-,21-,22-,23-,24-,27-,28+,29-,30+/m1/s1. The smallest absolute Gasteiger partial charge is 0.0626 e. The van der Waals surface area contributed by atoms with Crippen LogP contribution in [0, 0.1) is 50.7 Å². The molecule has 2 spiro atoms. The summed E-state index contributed by atoms with van der Waals surface area (Å²) in [6.07, 6.45) is 17.4. The fourth-order valence-corrected chi connectivity index (χ4v) is 10.9. The van der Waals surface area contributed by atoms with Crippen molar-refractivity contribution < 1.29 is 10.2 Å². The fraction of sp³-hybridized carbons (Fsp3) is 0.933. The number of hydrogen-bond acceptors (Lipinski definition) is 2. The first-order chi connectivity index (χ1) is 14.7. The van der Waals surface area contributed by atoms with Crippen molar-refractivity contribution in [1.29, 1.82) is 0 Å². The summed E-state index contributed by atoms with van der Waals surface area (Å²) in [5.74, 6) is 2.96. The lowest BCUT2D eigenvalue weighted by molar-refractivity contribution is -0.160. The maximum Gasteiger partial charge on any atom is 0.0626 e. The van der Waals surface area contributed by atoms with E-state index in [1.54, 1.807) is 0 Å². The van der Waals surface area contributed by atoms with Crippen LogP contribution < -0.4 is 0 Å². The van der Waals surface area contributed by atoms with Crippen LogP contribution in [0.5, 0.6) is 0 Å². The average molecular weight is 443 g/mol. The lowest BCUT2D eigenvalue weighted by Gasteiger charge is -2.63. The molecule has 0 radical (unpaired) electrons. The van der Waals surface area contributed by atoms with Gasteiger partial charge in [-0.2, -0.15) is 0 Å². The van der Waals surface area contributed by atoms with Gasteiger partial charge in [0, 0.05) is 0 Å². The van der Waals surface area contributed by atoms with Gasteiger partial charge in [0.2, 0.25) is 0 Å². The van der Waals surface area contributed by atoms with Crippen LogP contribution in [0.1, 0.15) is 113 Å². The van der Waals surface area contributed by atoms with Crippen LogP contribution in [0.2, 0.25) is 0 Å². The van der Waals surface area contributed by atoms with E-state index in [0.717, 1.165) is 30.6 Å². The highest BCUT2D eigenvalue weighted by Crippen LogP contribution is 2.89. The maximum absolute atomic E-state index is 10.8. The summed E-state index contributed by atoms with van der Waals surface area (Å²) in [5, 5.41) is 21.0. The van der Waals surface area contributed by atoms with Crippen LogP contribution in [0.3, 0.4) is 0 Å². The Bertz CT molecular complexity index is 791. The molecule has 0 aliphatic heterocycles. The van der Waals surface area contributed by atoms with Crippen molar-refractivity contribution in [2.75, 3.05) is 0 Å². The second kappa shape index (κ2) is 6.87. The van der Waals surface area contributed by atoms with Crippen LogP contribution in [0.15, 0.2) is 12.2 Å². The Morgan fingerprint density at radius 3 is 2.22 bits per heavy atom. The van der Waals surface area contributed by atoms with Gasteiger partial charge in [0.1, 0.15) is 0 Å². The number of aliphatic hydroxyl groups excluding tert-OH is 1. The molecule has 5 saturated carbocycles. The summed E-state index contributed by atoms with van der Waals surface area (Å²) in [5.41, 5.74) is 1.49. The predicted octanol–water partition coefficient (Wildman–Crippen LogP) is 7.14. The zero-order valence-corrected chi connectivity index (χ0v) is 22.0. The third-order valence-electron chi connectivity index (χ3n) is 12.8. The van der Waals surface area contributed by atoms with Gasteiger partial charge in [-0.3, -0.25) is 0 Å². The normalized spacial score (nSPS) is 52.7. The Morgan fingerprint density at radius 1 is 0.875 bits per heavy atom. The number of aliphatic hydroxyl groups is 2. The molecule has 0 saturated heterocycles. The lowest BCUT2D eigenvalue weighted by Crippen LogP contribution is -2.57. The molecule has 9 atom stereocenters. The van der Waals surface area contributed by atoms with Gasteiger partial charge in [-0.15, -0.1) is 0 Å². The highest BCUT2D eigenvalue weighted by atomic mass is 16.3. The molecule has 5 fully saturated rings. The van der Waals surface area contributed by atoms with Gasteiger partial charge in [0.25, 0.3) is 0 Å². The Morgan fingerprint density at radius 2 is 1.53 bits per heavy atom. The monoisotopic (exact) mass is 442 g/mol. The Balaban J connectivity index is 1.40. The number of rotatable bonds is 4. The van der Waals surface area contributed by atoms with Gasteiger partial charge < -0.3 is 10.2 Å². The van der Waals surface area contributed by atoms with Crippen LogP contribution in [-0.4, -0.2) is 21.9 Å². The van der Waals surface area contributed by atoms with E-state index in [-0.39, 0.29) is 11.5 Å². The second-order valence-electron chi connectivity index (χ2n) is 14.8. The minimum atomic E-state index is -0.609. The minimum Gasteiger partial charge on any atom is -0.393 e. The zero-order valence-electron chi connectivity index (χ0n) is 22.0. The molecule has 5 aliphatic rings. The molecule has 0 bridgehead atoms. The van der Waals surface area contributed by atoms with E-state index in [1.165, 1.54) is 51.4 Å². The average Bonchev–Trinajstić information content (AvgIpc) is 3.27. The summed E-state index contributed by atoms with van der Waals surface area (Å²) in [4.78, 5) is 0. The third kappa shape index (κ3) is 2.84. The molecular formula is C30H50O2. The van der Waals surface area contributed by atoms with E-state index in [4.69, 9.17) is 0 Å². The molecular weight excluding hydrogens is 392 g/mol. The third-order valence-corrected chi connectivity index (χ3v) is 12.8. The molecule has 0 aromatic carbocycles. The van der Waals surface area contributed by atoms with E-state index in [9.17, 15) is 10.2 Å². The Labute approximate surface area is 197 Å². The molecule has 0 heterocycles. The molecule has 5 rings (SSSR count). The van der Waals surface area contributed by atoms with E-state index in [1.807, 2.05) is 13.8 Å². The SMILES string of the molecule is C[C@H](/C=C/CC(C)(C)O)[C@H]1CC[C@@]2(C)[C@H]3CC[C@@H]4C(C)(C)[C@H](O)CC[C@@]45C[C@@]35CC[C@]12C. The van der Waals surface area contributed by atoms with Crippen molar-refractivity contribution in [2.24, 2.45) is 50.7 Å².